The van der Waals surface area contributed by atoms with E-state index in [4.69, 9.17) is 5.11 Å². The van der Waals surface area contributed by atoms with E-state index in [1.807, 2.05) is 0 Å². The molecule has 0 aromatic carbocycles. The van der Waals surface area contributed by atoms with Crippen molar-refractivity contribution in [2.45, 2.75) is 18.4 Å². The number of carboxylic acid groups (broad SMARTS) is 1. The van der Waals surface area contributed by atoms with Gasteiger partial charge < -0.3 is 0 Å². The Bertz CT molecular complexity index is 387. The predicted molar refractivity (Wildman–Crippen MR) is 47.8 cm³/mol. The average molecular weight is 322 g/mol. The minimum atomic E-state index is -4.17. The molecule has 1 rings (SSSR count). The summed E-state index contributed by atoms with van der Waals surface area (Å²) in [5.74, 6) is -4.31. The third-order valence-corrected chi connectivity index (χ3v) is 4.53. The van der Waals surface area contributed by atoms with Gasteiger partial charge in [-0.2, -0.15) is 0 Å². The summed E-state index contributed by atoms with van der Waals surface area (Å²) < 4.78 is 12.6. The first-order valence-electron chi connectivity index (χ1n) is 4.39. The van der Waals surface area contributed by atoms with E-state index in [0.29, 0.717) is 0 Å². The fourth-order valence-electron chi connectivity index (χ4n) is 1.13. The van der Waals surface area contributed by atoms with Gasteiger partial charge in [0.15, 0.2) is 0 Å². The molecule has 98 valence electrons. The topological polar surface area (TPSA) is 162 Å². The summed E-state index contributed by atoms with van der Waals surface area (Å²) in [5.41, 5.74) is -2.66. The molecule has 0 spiro atoms. The van der Waals surface area contributed by atoms with Crippen LogP contribution in [0.25, 0.3) is 0 Å². The molecule has 12 heteroatoms. The number of hydrogen-bond donors (Lipinski definition) is 2. The Hall–Kier alpha value is -1.79. The molecule has 0 saturated carbocycles. The van der Waals surface area contributed by atoms with Gasteiger partial charge in [0, 0.05) is 0 Å². The Balaban J connectivity index is 2.84. The fraction of sp³-hybridized carbons (Fsp3) is 0.500. The molecule has 0 bridgehead atoms. The molecule has 2 N–H and O–H groups in total. The van der Waals surface area contributed by atoms with Crippen molar-refractivity contribution in [3.05, 3.63) is 10.1 Å². The van der Waals surface area contributed by atoms with Crippen molar-refractivity contribution in [1.29, 1.82) is 0 Å². The summed E-state index contributed by atoms with van der Waals surface area (Å²) in [6, 6.07) is 0. The summed E-state index contributed by atoms with van der Waals surface area (Å²) >= 11 is -4.17. The SMILES string of the molecule is O=C1CC(O)(C(=O)O)CC(=O)[O][Ga]([O][N+](=O)[O-])[O]1. The van der Waals surface area contributed by atoms with E-state index in [1.54, 1.807) is 0 Å². The van der Waals surface area contributed by atoms with Crippen LogP contribution in [0, 0.1) is 10.1 Å². The Morgan fingerprint density at radius 2 is 1.83 bits per heavy atom. The maximum atomic E-state index is 11.2. The first kappa shape index (κ1) is 14.3. The van der Waals surface area contributed by atoms with Crippen molar-refractivity contribution in [3.63, 3.8) is 0 Å². The van der Waals surface area contributed by atoms with E-state index in [1.165, 1.54) is 0 Å². The van der Waals surface area contributed by atoms with Crippen molar-refractivity contribution in [3.8, 4) is 0 Å². The Morgan fingerprint density at radius 1 is 1.39 bits per heavy atom. The quantitative estimate of drug-likeness (QED) is 0.333. The third-order valence-electron chi connectivity index (χ3n) is 1.90. The van der Waals surface area contributed by atoms with Crippen LogP contribution in [0.15, 0.2) is 0 Å². The molecule has 0 amide bonds. The third kappa shape index (κ3) is 3.61. The average Bonchev–Trinajstić information content (AvgIpc) is 2.12. The van der Waals surface area contributed by atoms with Crippen LogP contribution in [0.3, 0.4) is 0 Å². The zero-order valence-electron chi connectivity index (χ0n) is 8.60. The van der Waals surface area contributed by atoms with Crippen molar-refractivity contribution in [2.24, 2.45) is 0 Å². The van der Waals surface area contributed by atoms with Crippen LogP contribution < -0.4 is 0 Å². The Labute approximate surface area is 105 Å². The number of nitrogens with zero attached hydrogens (tertiary/aromatic N) is 1. The second-order valence-corrected chi connectivity index (χ2v) is 5.93. The second-order valence-electron chi connectivity index (χ2n) is 3.29. The van der Waals surface area contributed by atoms with E-state index in [9.17, 15) is 29.6 Å². The van der Waals surface area contributed by atoms with Gasteiger partial charge in [-0.05, 0) is 0 Å². The number of carboxylic acids is 1. The van der Waals surface area contributed by atoms with Gasteiger partial charge in [-0.3, -0.25) is 0 Å². The van der Waals surface area contributed by atoms with Crippen molar-refractivity contribution < 1.29 is 40.4 Å². The molecule has 11 nitrogen and oxygen atoms in total. The standard InChI is InChI=1S/C6H8O7.Ga.NO3/c7-3(8)1-6(13,5(11)12)2-4(9)10;;2-1(3)4/h13H,1-2H2,(H,7,8)(H,9,10)(H,11,12);;/q;+3;-1/p-2. The molecule has 0 unspecified atom stereocenters. The zero-order valence-corrected chi connectivity index (χ0v) is 11.0. The molecule has 0 atom stereocenters. The molecule has 1 aliphatic heterocycles. The van der Waals surface area contributed by atoms with Gasteiger partial charge in [0.05, 0.1) is 0 Å². The van der Waals surface area contributed by atoms with Crippen LogP contribution in [0.4, 0.5) is 0 Å². The molecule has 0 radical (unpaired) electrons. The van der Waals surface area contributed by atoms with Crippen LogP contribution in [-0.2, 0) is 25.1 Å². The van der Waals surface area contributed by atoms with Gasteiger partial charge >= 0.3 is 104 Å². The molecular formula is C6H6GaNO10. The monoisotopic (exact) mass is 321 g/mol. The molecular weight excluding hydrogens is 316 g/mol. The molecule has 1 fully saturated rings. The second kappa shape index (κ2) is 5.24. The molecule has 18 heavy (non-hydrogen) atoms. The summed E-state index contributed by atoms with van der Waals surface area (Å²) in [5, 5.41) is 26.9. The first-order chi connectivity index (χ1) is 8.23. The van der Waals surface area contributed by atoms with E-state index in [0.717, 1.165) is 0 Å². The summed E-state index contributed by atoms with van der Waals surface area (Å²) in [6.07, 6.45) is -2.06. The summed E-state index contributed by atoms with van der Waals surface area (Å²) in [7, 11) is 0. The minimum absolute atomic E-state index is 1.03. The molecule has 0 aromatic rings. The van der Waals surface area contributed by atoms with Crippen LogP contribution in [0.5, 0.6) is 0 Å². The zero-order chi connectivity index (χ0) is 13.9. The number of carbonyl (C=O) groups excluding carboxylic acids is 2. The van der Waals surface area contributed by atoms with Crippen LogP contribution in [0.2, 0.25) is 0 Å². The maximum absolute atomic E-state index is 11.2. The van der Waals surface area contributed by atoms with E-state index >= 15 is 0 Å². The molecule has 1 saturated heterocycles. The van der Waals surface area contributed by atoms with Crippen molar-refractivity contribution >= 4 is 35.2 Å². The van der Waals surface area contributed by atoms with Gasteiger partial charge in [0.2, 0.25) is 0 Å². The van der Waals surface area contributed by atoms with E-state index < -0.39 is 58.7 Å². The normalized spacial score (nSPS) is 19.1. The Kier molecular flexibility index (Phi) is 4.15. The van der Waals surface area contributed by atoms with Gasteiger partial charge in [-0.15, -0.1) is 0 Å². The van der Waals surface area contributed by atoms with Crippen LogP contribution >= 0.6 is 0 Å². The number of hydrogen-bond acceptors (Lipinski definition) is 9. The van der Waals surface area contributed by atoms with E-state index in [2.05, 4.69) is 10.7 Å². The first-order valence-corrected chi connectivity index (χ1v) is 7.35. The molecule has 0 aliphatic carbocycles. The molecule has 0 aromatic heterocycles. The van der Waals surface area contributed by atoms with E-state index in [-0.39, 0.29) is 0 Å². The number of aliphatic hydroxyl groups is 1. The summed E-state index contributed by atoms with van der Waals surface area (Å²) in [4.78, 5) is 43.0. The molecule has 1 heterocycles. The van der Waals surface area contributed by atoms with Gasteiger partial charge in [0.25, 0.3) is 0 Å². The van der Waals surface area contributed by atoms with Gasteiger partial charge in [0.1, 0.15) is 0 Å². The van der Waals surface area contributed by atoms with Crippen molar-refractivity contribution in [1.82, 2.24) is 0 Å². The van der Waals surface area contributed by atoms with Crippen LogP contribution in [-0.4, -0.2) is 56.1 Å². The van der Waals surface area contributed by atoms with Crippen molar-refractivity contribution in [2.75, 3.05) is 0 Å². The van der Waals surface area contributed by atoms with Gasteiger partial charge in [-0.1, -0.05) is 0 Å². The number of rotatable bonds is 3. The Morgan fingerprint density at radius 3 is 2.17 bits per heavy atom. The fourth-order valence-corrected chi connectivity index (χ4v) is 2.95. The predicted octanol–water partition coefficient (Wildman–Crippen LogP) is -2.12. The number of carbonyl (C=O) groups is 3. The number of aliphatic carboxylic acids is 1. The summed E-state index contributed by atoms with van der Waals surface area (Å²) in [6.45, 7) is 0. The van der Waals surface area contributed by atoms with Crippen LogP contribution in [0.1, 0.15) is 12.8 Å². The van der Waals surface area contributed by atoms with Gasteiger partial charge in [-0.25, -0.2) is 0 Å². The molecule has 1 aliphatic rings.